The van der Waals surface area contributed by atoms with E-state index in [0.717, 1.165) is 0 Å². The molecule has 1 saturated carbocycles. The quantitative estimate of drug-likeness (QED) is 0.800. The van der Waals surface area contributed by atoms with E-state index in [2.05, 4.69) is 4.98 Å². The van der Waals surface area contributed by atoms with Gasteiger partial charge in [-0.1, -0.05) is 0 Å². The minimum atomic E-state index is -1.11. The largest absolute Gasteiger partial charge is 0.475 e. The van der Waals surface area contributed by atoms with Crippen molar-refractivity contribution in [2.24, 2.45) is 0 Å². The zero-order chi connectivity index (χ0) is 10.8. The Labute approximate surface area is 86.1 Å². The number of oxazole rings is 1. The summed E-state index contributed by atoms with van der Waals surface area (Å²) in [7, 11) is 0. The van der Waals surface area contributed by atoms with Gasteiger partial charge in [0.2, 0.25) is 5.76 Å². The van der Waals surface area contributed by atoms with E-state index in [4.69, 9.17) is 9.52 Å². The first kappa shape index (κ1) is 9.89. The van der Waals surface area contributed by atoms with Crippen LogP contribution in [0.3, 0.4) is 0 Å². The van der Waals surface area contributed by atoms with Crippen LogP contribution in [0.15, 0.2) is 10.6 Å². The molecule has 0 amide bonds. The van der Waals surface area contributed by atoms with Crippen LogP contribution in [-0.4, -0.2) is 21.8 Å². The topological polar surface area (TPSA) is 80.4 Å². The van der Waals surface area contributed by atoms with Crippen molar-refractivity contribution in [1.29, 1.82) is 0 Å². The van der Waals surface area contributed by atoms with Gasteiger partial charge < -0.3 is 9.52 Å². The number of aromatic carboxylic acids is 1. The van der Waals surface area contributed by atoms with Gasteiger partial charge in [-0.2, -0.15) is 0 Å². The van der Waals surface area contributed by atoms with Crippen molar-refractivity contribution in [1.82, 2.24) is 4.98 Å². The highest BCUT2D eigenvalue weighted by Crippen LogP contribution is 2.30. The van der Waals surface area contributed by atoms with E-state index in [-0.39, 0.29) is 17.5 Å². The summed E-state index contributed by atoms with van der Waals surface area (Å²) in [6, 6.07) is 0. The van der Waals surface area contributed by atoms with Crippen molar-refractivity contribution in [2.45, 2.75) is 31.6 Å². The van der Waals surface area contributed by atoms with Crippen LogP contribution < -0.4 is 0 Å². The zero-order valence-corrected chi connectivity index (χ0v) is 8.10. The second-order valence-corrected chi connectivity index (χ2v) is 3.68. The molecule has 5 heteroatoms. The molecule has 1 aromatic heterocycles. The van der Waals surface area contributed by atoms with Gasteiger partial charge in [-0.3, -0.25) is 4.79 Å². The van der Waals surface area contributed by atoms with Crippen molar-refractivity contribution >= 4 is 11.8 Å². The lowest BCUT2D eigenvalue weighted by Crippen LogP contribution is -2.12. The summed E-state index contributed by atoms with van der Waals surface area (Å²) in [6.45, 7) is 0. The third-order valence-electron chi connectivity index (χ3n) is 2.63. The molecule has 5 nitrogen and oxygen atoms in total. The molecule has 2 rings (SSSR count). The second kappa shape index (κ2) is 3.84. The fraction of sp³-hybridized carbons (Fsp3) is 0.500. The standard InChI is InChI=1S/C10H11NO4/c12-7-3-1-6(2-4-7)9-11-5-8(15-9)10(13)14/h5-6H,1-4H2,(H,13,14). The predicted molar refractivity (Wildman–Crippen MR) is 49.7 cm³/mol. The molecule has 0 radical (unpaired) electrons. The Hall–Kier alpha value is -1.65. The molecular weight excluding hydrogens is 198 g/mol. The van der Waals surface area contributed by atoms with Crippen LogP contribution in [0.1, 0.15) is 48.0 Å². The third kappa shape index (κ3) is 2.06. The predicted octanol–water partition coefficient (Wildman–Crippen LogP) is 1.60. The summed E-state index contributed by atoms with van der Waals surface area (Å²) < 4.78 is 5.10. The number of hydrogen-bond donors (Lipinski definition) is 1. The molecule has 0 atom stereocenters. The molecule has 0 spiro atoms. The molecule has 1 aliphatic carbocycles. The van der Waals surface area contributed by atoms with Crippen LogP contribution in [-0.2, 0) is 4.79 Å². The summed E-state index contributed by atoms with van der Waals surface area (Å²) in [5.41, 5.74) is 0. The molecular formula is C10H11NO4. The first-order chi connectivity index (χ1) is 7.16. The summed E-state index contributed by atoms with van der Waals surface area (Å²) >= 11 is 0. The van der Waals surface area contributed by atoms with Crippen LogP contribution in [0.5, 0.6) is 0 Å². The molecule has 1 fully saturated rings. The molecule has 15 heavy (non-hydrogen) atoms. The van der Waals surface area contributed by atoms with Crippen molar-refractivity contribution < 1.29 is 19.1 Å². The lowest BCUT2D eigenvalue weighted by atomic mass is 9.88. The van der Waals surface area contributed by atoms with Crippen molar-refractivity contribution in [3.63, 3.8) is 0 Å². The highest BCUT2D eigenvalue weighted by Gasteiger charge is 2.24. The van der Waals surface area contributed by atoms with Crippen molar-refractivity contribution in [3.8, 4) is 0 Å². The van der Waals surface area contributed by atoms with Gasteiger partial charge in [-0.15, -0.1) is 0 Å². The van der Waals surface area contributed by atoms with E-state index in [9.17, 15) is 9.59 Å². The molecule has 1 N–H and O–H groups in total. The Morgan fingerprint density at radius 3 is 2.67 bits per heavy atom. The van der Waals surface area contributed by atoms with Gasteiger partial charge in [0.05, 0.1) is 6.20 Å². The minimum absolute atomic E-state index is 0.0933. The van der Waals surface area contributed by atoms with Crippen LogP contribution in [0.25, 0.3) is 0 Å². The second-order valence-electron chi connectivity index (χ2n) is 3.68. The number of rotatable bonds is 2. The molecule has 1 heterocycles. The van der Waals surface area contributed by atoms with Gasteiger partial charge in [-0.05, 0) is 12.8 Å². The average Bonchev–Trinajstić information content (AvgIpc) is 2.68. The Morgan fingerprint density at radius 2 is 2.13 bits per heavy atom. The average molecular weight is 209 g/mol. The molecule has 0 aliphatic heterocycles. The van der Waals surface area contributed by atoms with Crippen LogP contribution in [0.4, 0.5) is 0 Å². The molecule has 80 valence electrons. The van der Waals surface area contributed by atoms with Crippen molar-refractivity contribution in [2.75, 3.05) is 0 Å². The molecule has 1 aromatic rings. The number of aromatic nitrogens is 1. The van der Waals surface area contributed by atoms with E-state index >= 15 is 0 Å². The first-order valence-corrected chi connectivity index (χ1v) is 4.87. The molecule has 0 aromatic carbocycles. The lowest BCUT2D eigenvalue weighted by Gasteiger charge is -2.17. The number of ketones is 1. The fourth-order valence-electron chi connectivity index (χ4n) is 1.76. The fourth-order valence-corrected chi connectivity index (χ4v) is 1.76. The molecule has 0 bridgehead atoms. The Morgan fingerprint density at radius 1 is 1.47 bits per heavy atom. The maximum Gasteiger partial charge on any atom is 0.373 e. The van der Waals surface area contributed by atoms with Gasteiger partial charge in [-0.25, -0.2) is 9.78 Å². The molecule has 0 unspecified atom stereocenters. The van der Waals surface area contributed by atoms with Gasteiger partial charge in [0.1, 0.15) is 5.78 Å². The lowest BCUT2D eigenvalue weighted by molar-refractivity contribution is -0.120. The number of carbonyl (C=O) groups excluding carboxylic acids is 1. The minimum Gasteiger partial charge on any atom is -0.475 e. The normalized spacial score (nSPS) is 18.0. The SMILES string of the molecule is O=C1CCC(c2ncc(C(=O)O)o2)CC1. The highest BCUT2D eigenvalue weighted by molar-refractivity contribution is 5.83. The molecule has 1 aliphatic rings. The maximum atomic E-state index is 11.0. The van der Waals surface area contributed by atoms with Gasteiger partial charge in [0.15, 0.2) is 5.89 Å². The van der Waals surface area contributed by atoms with Gasteiger partial charge in [0.25, 0.3) is 0 Å². The highest BCUT2D eigenvalue weighted by atomic mass is 16.4. The number of carboxylic acids is 1. The van der Waals surface area contributed by atoms with Crippen LogP contribution in [0, 0.1) is 0 Å². The van der Waals surface area contributed by atoms with Crippen LogP contribution in [0.2, 0.25) is 0 Å². The smallest absolute Gasteiger partial charge is 0.373 e. The maximum absolute atomic E-state index is 11.0. The van der Waals surface area contributed by atoms with Gasteiger partial charge in [0, 0.05) is 18.8 Å². The Kier molecular flexibility index (Phi) is 2.53. The summed E-state index contributed by atoms with van der Waals surface area (Å²) in [4.78, 5) is 25.5. The Bertz CT molecular complexity index is 386. The van der Waals surface area contributed by atoms with E-state index in [0.29, 0.717) is 31.6 Å². The van der Waals surface area contributed by atoms with E-state index in [1.807, 2.05) is 0 Å². The number of carbonyl (C=O) groups is 2. The Balaban J connectivity index is 2.09. The number of Topliss-reactive ketones (excluding diaryl/α,β-unsaturated/α-hetero) is 1. The number of hydrogen-bond acceptors (Lipinski definition) is 4. The number of carboxylic acid groups (broad SMARTS) is 1. The monoisotopic (exact) mass is 209 g/mol. The zero-order valence-electron chi connectivity index (χ0n) is 8.10. The van der Waals surface area contributed by atoms with E-state index < -0.39 is 5.97 Å². The van der Waals surface area contributed by atoms with E-state index in [1.165, 1.54) is 6.20 Å². The van der Waals surface area contributed by atoms with Crippen molar-refractivity contribution in [3.05, 3.63) is 17.8 Å². The first-order valence-electron chi connectivity index (χ1n) is 4.87. The van der Waals surface area contributed by atoms with Crippen LogP contribution >= 0.6 is 0 Å². The number of nitrogens with zero attached hydrogens (tertiary/aromatic N) is 1. The summed E-state index contributed by atoms with van der Waals surface area (Å²) in [5.74, 6) is -0.450. The molecule has 0 saturated heterocycles. The third-order valence-corrected chi connectivity index (χ3v) is 2.63. The van der Waals surface area contributed by atoms with Gasteiger partial charge >= 0.3 is 5.97 Å². The summed E-state index contributed by atoms with van der Waals surface area (Å²) in [5, 5.41) is 8.65. The summed E-state index contributed by atoms with van der Waals surface area (Å²) in [6.07, 6.45) is 3.70. The van der Waals surface area contributed by atoms with E-state index in [1.54, 1.807) is 0 Å².